The number of carbonyl (C=O) groups is 2. The van der Waals surface area contributed by atoms with Crippen LogP contribution in [0.2, 0.25) is 0 Å². The highest BCUT2D eigenvalue weighted by Crippen LogP contribution is 2.26. The molecule has 2 rings (SSSR count). The third kappa shape index (κ3) is 3.97. The fraction of sp³-hybridized carbons (Fsp3) is 0.263. The third-order valence-corrected chi connectivity index (χ3v) is 3.90. The topological polar surface area (TPSA) is 63.6 Å². The number of benzene rings is 2. The Hall–Kier alpha value is -2.62. The van der Waals surface area contributed by atoms with E-state index >= 15 is 0 Å². The SMILES string of the molecule is CC[C@@H](c1ccccc1)[C@H](C)OC(=O)c1ccccc1C(=O)O. The van der Waals surface area contributed by atoms with E-state index in [4.69, 9.17) is 4.74 Å². The van der Waals surface area contributed by atoms with E-state index in [1.807, 2.05) is 44.2 Å². The second-order valence-corrected chi connectivity index (χ2v) is 5.39. The van der Waals surface area contributed by atoms with E-state index in [9.17, 15) is 14.7 Å². The van der Waals surface area contributed by atoms with Crippen LogP contribution in [0, 0.1) is 0 Å². The number of carboxylic acid groups (broad SMARTS) is 1. The van der Waals surface area contributed by atoms with Gasteiger partial charge in [0.15, 0.2) is 0 Å². The molecule has 0 heterocycles. The minimum absolute atomic E-state index is 0.0440. The molecule has 2 atom stereocenters. The molecule has 0 fully saturated rings. The van der Waals surface area contributed by atoms with Crippen LogP contribution in [-0.2, 0) is 4.74 Å². The van der Waals surface area contributed by atoms with Gasteiger partial charge in [0.05, 0.1) is 11.1 Å². The lowest BCUT2D eigenvalue weighted by molar-refractivity contribution is 0.0272. The van der Waals surface area contributed by atoms with E-state index in [0.29, 0.717) is 0 Å². The summed E-state index contributed by atoms with van der Waals surface area (Å²) < 4.78 is 5.53. The lowest BCUT2D eigenvalue weighted by Gasteiger charge is -2.23. The predicted molar refractivity (Wildman–Crippen MR) is 87.8 cm³/mol. The van der Waals surface area contributed by atoms with Crippen LogP contribution in [-0.4, -0.2) is 23.1 Å². The van der Waals surface area contributed by atoms with Crippen LogP contribution in [0.5, 0.6) is 0 Å². The molecule has 2 aromatic rings. The number of aromatic carboxylic acids is 1. The lowest BCUT2D eigenvalue weighted by Crippen LogP contribution is -2.23. The van der Waals surface area contributed by atoms with Gasteiger partial charge in [-0.15, -0.1) is 0 Å². The zero-order valence-corrected chi connectivity index (χ0v) is 13.2. The molecule has 0 saturated heterocycles. The van der Waals surface area contributed by atoms with E-state index in [-0.39, 0.29) is 23.1 Å². The molecule has 1 N–H and O–H groups in total. The second kappa shape index (κ2) is 7.58. The van der Waals surface area contributed by atoms with E-state index in [1.165, 1.54) is 12.1 Å². The van der Waals surface area contributed by atoms with Gasteiger partial charge < -0.3 is 9.84 Å². The smallest absolute Gasteiger partial charge is 0.339 e. The van der Waals surface area contributed by atoms with E-state index in [2.05, 4.69) is 0 Å². The summed E-state index contributed by atoms with van der Waals surface area (Å²) in [6.07, 6.45) is 0.468. The molecule has 0 spiro atoms. The molecule has 120 valence electrons. The highest BCUT2D eigenvalue weighted by atomic mass is 16.5. The van der Waals surface area contributed by atoms with Crippen molar-refractivity contribution in [1.82, 2.24) is 0 Å². The monoisotopic (exact) mass is 312 g/mol. The largest absolute Gasteiger partial charge is 0.478 e. The standard InChI is InChI=1S/C19H20O4/c1-3-15(14-9-5-4-6-10-14)13(2)23-19(22)17-12-8-7-11-16(17)18(20)21/h4-13,15H,3H2,1-2H3,(H,20,21)/t13-,15+/m0/s1. The first-order chi connectivity index (χ1) is 11.0. The quantitative estimate of drug-likeness (QED) is 0.815. The molecule has 0 unspecified atom stereocenters. The summed E-state index contributed by atoms with van der Waals surface area (Å²) >= 11 is 0. The maximum Gasteiger partial charge on any atom is 0.339 e. The summed E-state index contributed by atoms with van der Waals surface area (Å²) in [5.74, 6) is -1.68. The van der Waals surface area contributed by atoms with Crippen molar-refractivity contribution in [2.24, 2.45) is 0 Å². The summed E-state index contributed by atoms with van der Waals surface area (Å²) in [6, 6.07) is 15.9. The number of hydrogen-bond donors (Lipinski definition) is 1. The Bertz CT molecular complexity index is 679. The van der Waals surface area contributed by atoms with Crippen molar-refractivity contribution in [1.29, 1.82) is 0 Å². The Morgan fingerprint density at radius 2 is 1.57 bits per heavy atom. The molecule has 0 aliphatic heterocycles. The number of hydrogen-bond acceptors (Lipinski definition) is 3. The molecule has 0 aliphatic rings. The van der Waals surface area contributed by atoms with Gasteiger partial charge in [0.25, 0.3) is 0 Å². The van der Waals surface area contributed by atoms with Gasteiger partial charge in [-0.2, -0.15) is 0 Å². The molecule has 4 heteroatoms. The summed E-state index contributed by atoms with van der Waals surface area (Å²) in [5.41, 5.74) is 1.13. The van der Waals surface area contributed by atoms with Crippen molar-refractivity contribution < 1.29 is 19.4 Å². The number of esters is 1. The van der Waals surface area contributed by atoms with Gasteiger partial charge >= 0.3 is 11.9 Å². The van der Waals surface area contributed by atoms with Crippen LogP contribution in [0.1, 0.15) is 52.5 Å². The van der Waals surface area contributed by atoms with Crippen LogP contribution in [0.3, 0.4) is 0 Å². The van der Waals surface area contributed by atoms with Crippen molar-refractivity contribution in [3.05, 3.63) is 71.3 Å². The molecule has 0 radical (unpaired) electrons. The molecule has 0 saturated carbocycles. The van der Waals surface area contributed by atoms with Crippen LogP contribution in [0.4, 0.5) is 0 Å². The summed E-state index contributed by atoms with van der Waals surface area (Å²) in [6.45, 7) is 3.87. The molecule has 23 heavy (non-hydrogen) atoms. The first kappa shape index (κ1) is 16.7. The average Bonchev–Trinajstić information content (AvgIpc) is 2.56. The maximum absolute atomic E-state index is 12.3. The van der Waals surface area contributed by atoms with E-state index < -0.39 is 11.9 Å². The minimum atomic E-state index is -1.14. The Labute approximate surface area is 135 Å². The van der Waals surface area contributed by atoms with Gasteiger partial charge in [0.2, 0.25) is 0 Å². The molecule has 0 aromatic heterocycles. The fourth-order valence-corrected chi connectivity index (χ4v) is 2.70. The average molecular weight is 312 g/mol. The number of rotatable bonds is 6. The van der Waals surface area contributed by atoms with Crippen LogP contribution in [0.25, 0.3) is 0 Å². The van der Waals surface area contributed by atoms with Crippen LogP contribution >= 0.6 is 0 Å². The number of carboxylic acids is 1. The summed E-state index contributed by atoms with van der Waals surface area (Å²) in [4.78, 5) is 23.6. The molecular formula is C19H20O4. The van der Waals surface area contributed by atoms with Crippen molar-refractivity contribution in [3.63, 3.8) is 0 Å². The van der Waals surface area contributed by atoms with Crippen LogP contribution in [0.15, 0.2) is 54.6 Å². The van der Waals surface area contributed by atoms with Crippen molar-refractivity contribution in [2.75, 3.05) is 0 Å². The van der Waals surface area contributed by atoms with Crippen molar-refractivity contribution in [2.45, 2.75) is 32.3 Å². The van der Waals surface area contributed by atoms with Gasteiger partial charge in [0, 0.05) is 5.92 Å². The first-order valence-corrected chi connectivity index (χ1v) is 7.62. The minimum Gasteiger partial charge on any atom is -0.478 e. The molecule has 0 bridgehead atoms. The number of ether oxygens (including phenoxy) is 1. The van der Waals surface area contributed by atoms with Crippen molar-refractivity contribution >= 4 is 11.9 Å². The molecule has 4 nitrogen and oxygen atoms in total. The zero-order valence-electron chi connectivity index (χ0n) is 13.2. The van der Waals surface area contributed by atoms with Gasteiger partial charge in [-0.3, -0.25) is 0 Å². The fourth-order valence-electron chi connectivity index (χ4n) is 2.70. The first-order valence-electron chi connectivity index (χ1n) is 7.62. The lowest BCUT2D eigenvalue weighted by atomic mass is 9.92. The van der Waals surface area contributed by atoms with Gasteiger partial charge in [-0.1, -0.05) is 49.4 Å². The van der Waals surface area contributed by atoms with Gasteiger partial charge in [-0.05, 0) is 31.0 Å². The second-order valence-electron chi connectivity index (χ2n) is 5.39. The van der Waals surface area contributed by atoms with Gasteiger partial charge in [-0.25, -0.2) is 9.59 Å². The predicted octanol–water partition coefficient (Wildman–Crippen LogP) is 4.12. The summed E-state index contributed by atoms with van der Waals surface area (Å²) in [7, 11) is 0. The van der Waals surface area contributed by atoms with E-state index in [1.54, 1.807) is 12.1 Å². The maximum atomic E-state index is 12.3. The van der Waals surface area contributed by atoms with Crippen LogP contribution < -0.4 is 0 Å². The summed E-state index contributed by atoms with van der Waals surface area (Å²) in [5, 5.41) is 9.17. The van der Waals surface area contributed by atoms with Crippen molar-refractivity contribution in [3.8, 4) is 0 Å². The third-order valence-electron chi connectivity index (χ3n) is 3.90. The highest BCUT2D eigenvalue weighted by Gasteiger charge is 2.24. The van der Waals surface area contributed by atoms with E-state index in [0.717, 1.165) is 12.0 Å². The van der Waals surface area contributed by atoms with Gasteiger partial charge in [0.1, 0.15) is 6.10 Å². The Morgan fingerprint density at radius 1 is 1.00 bits per heavy atom. The molecule has 0 aliphatic carbocycles. The molecule has 2 aromatic carbocycles. The Kier molecular flexibility index (Phi) is 5.52. The highest BCUT2D eigenvalue weighted by molar-refractivity contribution is 6.02. The Morgan fingerprint density at radius 3 is 2.13 bits per heavy atom. The Balaban J connectivity index is 2.18. The molecular weight excluding hydrogens is 292 g/mol. The zero-order chi connectivity index (χ0) is 16.8. The molecule has 0 amide bonds. The number of carbonyl (C=O) groups excluding carboxylic acids is 1. The normalized spacial score (nSPS) is 13.1.